The Balaban J connectivity index is 2.55. The Morgan fingerprint density at radius 2 is 2.40 bits per heavy atom. The summed E-state index contributed by atoms with van der Waals surface area (Å²) in [6.45, 7) is 4.57. The zero-order chi connectivity index (χ0) is 10.8. The third-order valence-corrected chi connectivity index (χ3v) is 2.32. The molecule has 2 N–H and O–H groups in total. The number of anilines is 1. The number of ether oxygens (including phenoxy) is 1. The van der Waals surface area contributed by atoms with Gasteiger partial charge in [0.1, 0.15) is 0 Å². The third kappa shape index (κ3) is 1.66. The maximum atomic E-state index is 5.88. The third-order valence-electron chi connectivity index (χ3n) is 2.32. The second kappa shape index (κ2) is 3.86. The van der Waals surface area contributed by atoms with Gasteiger partial charge in [0.05, 0.1) is 18.0 Å². The van der Waals surface area contributed by atoms with Gasteiger partial charge in [0, 0.05) is 24.6 Å². The van der Waals surface area contributed by atoms with E-state index in [-0.39, 0.29) is 6.10 Å². The maximum Gasteiger partial charge on any atom is 0.161 e. The molecule has 5 heteroatoms. The lowest BCUT2D eigenvalue weighted by Gasteiger charge is -2.14. The fraction of sp³-hybridized carbons (Fsp3) is 0.400. The van der Waals surface area contributed by atoms with E-state index in [2.05, 4.69) is 10.1 Å². The molecule has 2 rings (SSSR count). The first-order valence-corrected chi connectivity index (χ1v) is 4.93. The number of hydrogen-bond acceptors (Lipinski definition) is 4. The number of nitrogens with zero attached hydrogens (tertiary/aromatic N) is 3. The molecule has 0 aromatic carbocycles. The standard InChI is InChI=1S/C10H14N4O/c1-3-15-7(2)9-8(11)6-13-14-5-4-12-10(9)14/h4-7H,3,11H2,1-2H3. The first-order valence-electron chi connectivity index (χ1n) is 4.93. The van der Waals surface area contributed by atoms with E-state index in [0.717, 1.165) is 11.2 Å². The van der Waals surface area contributed by atoms with E-state index < -0.39 is 0 Å². The van der Waals surface area contributed by atoms with Gasteiger partial charge in [-0.15, -0.1) is 0 Å². The van der Waals surface area contributed by atoms with Gasteiger partial charge in [-0.3, -0.25) is 0 Å². The van der Waals surface area contributed by atoms with Crippen LogP contribution in [0.1, 0.15) is 25.5 Å². The maximum absolute atomic E-state index is 5.88. The van der Waals surface area contributed by atoms with E-state index in [9.17, 15) is 0 Å². The lowest BCUT2D eigenvalue weighted by molar-refractivity contribution is 0.0774. The number of imidazole rings is 1. The van der Waals surface area contributed by atoms with Gasteiger partial charge in [0.15, 0.2) is 5.65 Å². The zero-order valence-corrected chi connectivity index (χ0v) is 8.84. The minimum Gasteiger partial charge on any atom is -0.397 e. The summed E-state index contributed by atoms with van der Waals surface area (Å²) in [4.78, 5) is 4.22. The summed E-state index contributed by atoms with van der Waals surface area (Å²) in [5, 5.41) is 4.12. The summed E-state index contributed by atoms with van der Waals surface area (Å²) in [5.74, 6) is 0. The van der Waals surface area contributed by atoms with Crippen LogP contribution in [0.5, 0.6) is 0 Å². The van der Waals surface area contributed by atoms with Crippen LogP contribution in [0.2, 0.25) is 0 Å². The van der Waals surface area contributed by atoms with Gasteiger partial charge in [-0.1, -0.05) is 0 Å². The van der Waals surface area contributed by atoms with Crippen LogP contribution in [0.25, 0.3) is 5.65 Å². The largest absolute Gasteiger partial charge is 0.397 e. The molecule has 2 aromatic rings. The quantitative estimate of drug-likeness (QED) is 0.824. The molecule has 0 saturated carbocycles. The van der Waals surface area contributed by atoms with Crippen LogP contribution in [0, 0.1) is 0 Å². The Labute approximate surface area is 87.9 Å². The molecule has 0 radical (unpaired) electrons. The molecule has 0 aliphatic carbocycles. The van der Waals surface area contributed by atoms with Crippen LogP contribution < -0.4 is 5.73 Å². The SMILES string of the molecule is CCOC(C)c1c(N)cnn2ccnc12. The van der Waals surface area contributed by atoms with Crippen LogP contribution in [-0.2, 0) is 4.74 Å². The summed E-state index contributed by atoms with van der Waals surface area (Å²) >= 11 is 0. The van der Waals surface area contributed by atoms with Crippen molar-refractivity contribution in [1.29, 1.82) is 0 Å². The minimum atomic E-state index is -0.0668. The van der Waals surface area contributed by atoms with Crippen molar-refractivity contribution in [2.45, 2.75) is 20.0 Å². The van der Waals surface area contributed by atoms with E-state index in [0.29, 0.717) is 12.3 Å². The van der Waals surface area contributed by atoms with Gasteiger partial charge in [-0.25, -0.2) is 9.50 Å². The van der Waals surface area contributed by atoms with Gasteiger partial charge in [-0.2, -0.15) is 5.10 Å². The molecule has 80 valence electrons. The number of aromatic nitrogens is 3. The fourth-order valence-electron chi connectivity index (χ4n) is 1.66. The predicted octanol–water partition coefficient (Wildman–Crippen LogP) is 1.41. The average molecular weight is 206 g/mol. The molecule has 1 atom stereocenters. The molecule has 0 aliphatic rings. The van der Waals surface area contributed by atoms with Gasteiger partial charge >= 0.3 is 0 Å². The molecule has 1 unspecified atom stereocenters. The molecule has 0 saturated heterocycles. The molecule has 0 bridgehead atoms. The van der Waals surface area contributed by atoms with Crippen molar-refractivity contribution in [1.82, 2.24) is 14.6 Å². The molecule has 5 nitrogen and oxygen atoms in total. The van der Waals surface area contributed by atoms with Crippen molar-refractivity contribution in [2.75, 3.05) is 12.3 Å². The lowest BCUT2D eigenvalue weighted by atomic mass is 10.1. The highest BCUT2D eigenvalue weighted by atomic mass is 16.5. The van der Waals surface area contributed by atoms with Gasteiger partial charge < -0.3 is 10.5 Å². The lowest BCUT2D eigenvalue weighted by Crippen LogP contribution is -2.08. The van der Waals surface area contributed by atoms with Crippen LogP contribution in [0.15, 0.2) is 18.6 Å². The van der Waals surface area contributed by atoms with Gasteiger partial charge in [0.2, 0.25) is 0 Å². The second-order valence-electron chi connectivity index (χ2n) is 3.31. The van der Waals surface area contributed by atoms with E-state index in [1.54, 1.807) is 23.1 Å². The van der Waals surface area contributed by atoms with Crippen LogP contribution in [-0.4, -0.2) is 21.2 Å². The summed E-state index contributed by atoms with van der Waals surface area (Å²) in [5.41, 5.74) is 8.16. The van der Waals surface area contributed by atoms with Crippen LogP contribution in [0.3, 0.4) is 0 Å². The highest BCUT2D eigenvalue weighted by molar-refractivity contribution is 5.61. The molecular formula is C10H14N4O. The second-order valence-corrected chi connectivity index (χ2v) is 3.31. The van der Waals surface area contributed by atoms with Gasteiger partial charge in [0.25, 0.3) is 0 Å². The molecule has 0 amide bonds. The van der Waals surface area contributed by atoms with Crippen LogP contribution in [0.4, 0.5) is 5.69 Å². The molecular weight excluding hydrogens is 192 g/mol. The average Bonchev–Trinajstić information content (AvgIpc) is 2.65. The predicted molar refractivity (Wildman–Crippen MR) is 57.4 cm³/mol. The summed E-state index contributed by atoms with van der Waals surface area (Å²) in [6.07, 6.45) is 5.04. The molecule has 0 spiro atoms. The smallest absolute Gasteiger partial charge is 0.161 e. The molecule has 2 aromatic heterocycles. The van der Waals surface area contributed by atoms with Crippen molar-refractivity contribution < 1.29 is 4.74 Å². The van der Waals surface area contributed by atoms with Crippen molar-refractivity contribution in [3.63, 3.8) is 0 Å². The number of fused-ring (bicyclic) bond motifs is 1. The van der Waals surface area contributed by atoms with Crippen molar-refractivity contribution in [2.24, 2.45) is 0 Å². The monoisotopic (exact) mass is 206 g/mol. The zero-order valence-electron chi connectivity index (χ0n) is 8.84. The Kier molecular flexibility index (Phi) is 2.55. The Bertz CT molecular complexity index is 465. The van der Waals surface area contributed by atoms with E-state index in [1.165, 1.54) is 0 Å². The van der Waals surface area contributed by atoms with Crippen molar-refractivity contribution in [3.05, 3.63) is 24.2 Å². The number of nitrogen functional groups attached to an aromatic ring is 1. The fourth-order valence-corrected chi connectivity index (χ4v) is 1.66. The Morgan fingerprint density at radius 3 is 3.13 bits per heavy atom. The van der Waals surface area contributed by atoms with E-state index >= 15 is 0 Å². The summed E-state index contributed by atoms with van der Waals surface area (Å²) in [7, 11) is 0. The summed E-state index contributed by atoms with van der Waals surface area (Å²) in [6, 6.07) is 0. The Hall–Kier alpha value is -1.62. The molecule has 0 aliphatic heterocycles. The van der Waals surface area contributed by atoms with Gasteiger partial charge in [-0.05, 0) is 13.8 Å². The normalized spacial score (nSPS) is 13.2. The molecule has 0 fully saturated rings. The van der Waals surface area contributed by atoms with E-state index in [4.69, 9.17) is 10.5 Å². The van der Waals surface area contributed by atoms with E-state index in [1.807, 2.05) is 13.8 Å². The first-order chi connectivity index (χ1) is 7.24. The molecule has 15 heavy (non-hydrogen) atoms. The highest BCUT2D eigenvalue weighted by Crippen LogP contribution is 2.25. The number of hydrogen-bond donors (Lipinski definition) is 1. The topological polar surface area (TPSA) is 65.4 Å². The number of rotatable bonds is 3. The van der Waals surface area contributed by atoms with Crippen molar-refractivity contribution >= 4 is 11.3 Å². The highest BCUT2D eigenvalue weighted by Gasteiger charge is 2.15. The van der Waals surface area contributed by atoms with Crippen molar-refractivity contribution in [3.8, 4) is 0 Å². The van der Waals surface area contributed by atoms with Crippen LogP contribution >= 0.6 is 0 Å². The molecule has 2 heterocycles. The number of nitrogens with two attached hydrogens (primary N) is 1. The minimum absolute atomic E-state index is 0.0668. The summed E-state index contributed by atoms with van der Waals surface area (Å²) < 4.78 is 7.22. The Morgan fingerprint density at radius 1 is 1.60 bits per heavy atom. The first kappa shape index (κ1) is 9.92.